The molecule has 0 bridgehead atoms. The molecule has 0 unspecified atom stereocenters. The van der Waals surface area contributed by atoms with Gasteiger partial charge in [0.05, 0.1) is 21.8 Å². The molecule has 0 radical (unpaired) electrons. The summed E-state index contributed by atoms with van der Waals surface area (Å²) in [4.78, 5) is 32.4. The van der Waals surface area contributed by atoms with E-state index in [9.17, 15) is 9.59 Å². The van der Waals surface area contributed by atoms with E-state index in [2.05, 4.69) is 4.98 Å². The Morgan fingerprint density at radius 2 is 2.10 bits per heavy atom. The molecule has 0 atom stereocenters. The van der Waals surface area contributed by atoms with Gasteiger partial charge in [0.2, 0.25) is 0 Å². The van der Waals surface area contributed by atoms with Gasteiger partial charge in [0.1, 0.15) is 5.54 Å². The van der Waals surface area contributed by atoms with Gasteiger partial charge in [-0.05, 0) is 26.0 Å². The molecular formula is C14H14ClN3O2S. The van der Waals surface area contributed by atoms with Crippen molar-refractivity contribution < 1.29 is 9.59 Å². The van der Waals surface area contributed by atoms with Crippen LogP contribution in [-0.2, 0) is 11.3 Å². The van der Waals surface area contributed by atoms with Crippen LogP contribution >= 0.6 is 22.9 Å². The molecule has 2 aromatic heterocycles. The summed E-state index contributed by atoms with van der Waals surface area (Å²) in [5.74, 6) is -0.188. The third kappa shape index (κ3) is 2.10. The molecule has 110 valence electrons. The Morgan fingerprint density at radius 3 is 2.67 bits per heavy atom. The number of thiophene rings is 1. The predicted molar refractivity (Wildman–Crippen MR) is 82.4 cm³/mol. The summed E-state index contributed by atoms with van der Waals surface area (Å²) in [6.45, 7) is 3.75. The molecule has 3 heterocycles. The second-order valence-electron chi connectivity index (χ2n) is 5.51. The monoisotopic (exact) mass is 323 g/mol. The van der Waals surface area contributed by atoms with Crippen molar-refractivity contribution in [3.63, 3.8) is 0 Å². The van der Waals surface area contributed by atoms with Crippen molar-refractivity contribution in [3.05, 3.63) is 28.2 Å². The lowest BCUT2D eigenvalue weighted by atomic mass is 10.1. The minimum Gasteiger partial charge on any atom is -0.313 e. The van der Waals surface area contributed by atoms with Gasteiger partial charge in [-0.2, -0.15) is 0 Å². The van der Waals surface area contributed by atoms with Crippen LogP contribution in [0.15, 0.2) is 18.3 Å². The summed E-state index contributed by atoms with van der Waals surface area (Å²) in [6, 6.07) is 3.33. The SMILES string of the molecule is CN1C(=O)N(Cc2cc3nccc(Cl)c3s2)C(=O)C1(C)C. The number of rotatable bonds is 2. The Kier molecular flexibility index (Phi) is 3.18. The Balaban J connectivity index is 1.94. The zero-order valence-electron chi connectivity index (χ0n) is 11.9. The first-order valence-electron chi connectivity index (χ1n) is 6.45. The van der Waals surface area contributed by atoms with Crippen molar-refractivity contribution in [2.45, 2.75) is 25.9 Å². The van der Waals surface area contributed by atoms with Crippen LogP contribution in [0.3, 0.4) is 0 Å². The lowest BCUT2D eigenvalue weighted by Gasteiger charge is -2.22. The van der Waals surface area contributed by atoms with E-state index in [0.717, 1.165) is 15.1 Å². The van der Waals surface area contributed by atoms with E-state index in [0.29, 0.717) is 5.02 Å². The van der Waals surface area contributed by atoms with Gasteiger partial charge in [-0.1, -0.05) is 11.6 Å². The van der Waals surface area contributed by atoms with Crippen LogP contribution in [0.4, 0.5) is 4.79 Å². The standard InChI is InChI=1S/C14H14ClN3O2S/c1-14(2)12(19)18(13(20)17(14)3)7-8-6-10-11(21-8)9(15)4-5-16-10/h4-6H,7H2,1-3H3. The number of likely N-dealkylation sites (N-methyl/N-ethyl adjacent to an activating group) is 1. The Labute approximate surface area is 131 Å². The van der Waals surface area contributed by atoms with E-state index in [1.807, 2.05) is 6.07 Å². The molecule has 0 saturated carbocycles. The molecule has 0 N–H and O–H groups in total. The predicted octanol–water partition coefficient (Wildman–Crippen LogP) is 3.12. The molecule has 1 saturated heterocycles. The van der Waals surface area contributed by atoms with E-state index in [1.165, 1.54) is 21.1 Å². The van der Waals surface area contributed by atoms with Gasteiger partial charge in [-0.25, -0.2) is 4.79 Å². The first-order valence-corrected chi connectivity index (χ1v) is 7.64. The number of nitrogens with zero attached hydrogens (tertiary/aromatic N) is 3. The first kappa shape index (κ1) is 14.3. The number of pyridine rings is 1. The number of urea groups is 1. The summed E-state index contributed by atoms with van der Waals surface area (Å²) in [7, 11) is 1.64. The average Bonchev–Trinajstić information content (AvgIpc) is 2.91. The Morgan fingerprint density at radius 1 is 1.38 bits per heavy atom. The number of imide groups is 1. The molecule has 7 heteroatoms. The largest absolute Gasteiger partial charge is 0.327 e. The van der Waals surface area contributed by atoms with Crippen molar-refractivity contribution in [1.82, 2.24) is 14.8 Å². The molecule has 1 fully saturated rings. The highest BCUT2D eigenvalue weighted by atomic mass is 35.5. The highest BCUT2D eigenvalue weighted by molar-refractivity contribution is 7.19. The van der Waals surface area contributed by atoms with Crippen LogP contribution in [0.2, 0.25) is 5.02 Å². The molecule has 3 rings (SSSR count). The van der Waals surface area contributed by atoms with Crippen LogP contribution in [0, 0.1) is 0 Å². The lowest BCUT2D eigenvalue weighted by molar-refractivity contribution is -0.131. The molecule has 3 amide bonds. The van der Waals surface area contributed by atoms with Crippen LogP contribution in [-0.4, -0.2) is 39.3 Å². The summed E-state index contributed by atoms with van der Waals surface area (Å²) in [6.07, 6.45) is 1.64. The van der Waals surface area contributed by atoms with E-state index in [1.54, 1.807) is 33.2 Å². The normalized spacial score (nSPS) is 18.1. The maximum Gasteiger partial charge on any atom is 0.327 e. The van der Waals surface area contributed by atoms with E-state index in [-0.39, 0.29) is 18.5 Å². The Hall–Kier alpha value is -1.66. The number of amides is 3. The molecule has 5 nitrogen and oxygen atoms in total. The number of carbonyl (C=O) groups excluding carboxylic acids is 2. The molecule has 21 heavy (non-hydrogen) atoms. The van der Waals surface area contributed by atoms with Gasteiger partial charge < -0.3 is 4.90 Å². The minimum absolute atomic E-state index is 0.188. The van der Waals surface area contributed by atoms with Crippen molar-refractivity contribution in [1.29, 1.82) is 0 Å². The molecular weight excluding hydrogens is 310 g/mol. The summed E-state index contributed by atoms with van der Waals surface area (Å²) < 4.78 is 0.876. The summed E-state index contributed by atoms with van der Waals surface area (Å²) in [5, 5.41) is 0.632. The topological polar surface area (TPSA) is 53.5 Å². The fourth-order valence-electron chi connectivity index (χ4n) is 2.31. The third-order valence-corrected chi connectivity index (χ3v) is 5.42. The highest BCUT2D eigenvalue weighted by Gasteiger charge is 2.49. The molecule has 1 aliphatic rings. The van der Waals surface area contributed by atoms with Gasteiger partial charge in [0.15, 0.2) is 0 Å². The molecule has 0 spiro atoms. The van der Waals surface area contributed by atoms with Crippen molar-refractivity contribution in [2.24, 2.45) is 0 Å². The van der Waals surface area contributed by atoms with Crippen LogP contribution in [0.5, 0.6) is 0 Å². The highest BCUT2D eigenvalue weighted by Crippen LogP contribution is 2.33. The van der Waals surface area contributed by atoms with Gasteiger partial charge in [-0.15, -0.1) is 11.3 Å². The fraction of sp³-hybridized carbons (Fsp3) is 0.357. The number of halogens is 1. The molecule has 0 aliphatic carbocycles. The van der Waals surface area contributed by atoms with E-state index in [4.69, 9.17) is 11.6 Å². The second-order valence-corrected chi connectivity index (χ2v) is 7.06. The van der Waals surface area contributed by atoms with Crippen molar-refractivity contribution >= 4 is 45.1 Å². The number of hydrogen-bond donors (Lipinski definition) is 0. The minimum atomic E-state index is -0.802. The van der Waals surface area contributed by atoms with Crippen LogP contribution in [0.25, 0.3) is 10.2 Å². The molecule has 2 aromatic rings. The lowest BCUT2D eigenvalue weighted by Crippen LogP contribution is -2.41. The third-order valence-electron chi connectivity index (χ3n) is 3.85. The smallest absolute Gasteiger partial charge is 0.313 e. The van der Waals surface area contributed by atoms with Crippen molar-refractivity contribution in [3.8, 4) is 0 Å². The first-order chi connectivity index (χ1) is 9.82. The van der Waals surface area contributed by atoms with E-state index >= 15 is 0 Å². The summed E-state index contributed by atoms with van der Waals surface area (Å²) in [5.41, 5.74) is -0.0156. The maximum atomic E-state index is 12.4. The van der Waals surface area contributed by atoms with Gasteiger partial charge >= 0.3 is 6.03 Å². The number of fused-ring (bicyclic) bond motifs is 1. The second kappa shape index (κ2) is 4.68. The zero-order chi connectivity index (χ0) is 15.4. The molecule has 0 aromatic carbocycles. The van der Waals surface area contributed by atoms with Crippen LogP contribution in [0.1, 0.15) is 18.7 Å². The Bertz CT molecular complexity index is 756. The van der Waals surface area contributed by atoms with Gasteiger partial charge in [0, 0.05) is 18.1 Å². The quantitative estimate of drug-likeness (QED) is 0.798. The molecule has 1 aliphatic heterocycles. The number of hydrogen-bond acceptors (Lipinski definition) is 4. The average molecular weight is 324 g/mol. The zero-order valence-corrected chi connectivity index (χ0v) is 13.5. The van der Waals surface area contributed by atoms with Gasteiger partial charge in [-0.3, -0.25) is 14.7 Å². The van der Waals surface area contributed by atoms with Gasteiger partial charge in [0.25, 0.3) is 5.91 Å². The number of aromatic nitrogens is 1. The summed E-state index contributed by atoms with van der Waals surface area (Å²) >= 11 is 7.58. The number of carbonyl (C=O) groups is 2. The van der Waals surface area contributed by atoms with Crippen molar-refractivity contribution in [2.75, 3.05) is 7.05 Å². The van der Waals surface area contributed by atoms with E-state index < -0.39 is 5.54 Å². The van der Waals surface area contributed by atoms with Crippen LogP contribution < -0.4 is 0 Å². The maximum absolute atomic E-state index is 12.4. The fourth-order valence-corrected chi connectivity index (χ4v) is 3.59.